The molecular weight excluding hydrogens is 288 g/mol. The zero-order chi connectivity index (χ0) is 15.4. The molecule has 0 aliphatic carbocycles. The molecule has 1 heterocycles. The number of pyridine rings is 1. The van der Waals surface area contributed by atoms with Crippen LogP contribution in [0, 0.1) is 5.92 Å². The number of benzene rings is 1. The topological polar surface area (TPSA) is 53.4 Å². The van der Waals surface area contributed by atoms with E-state index in [1.165, 1.54) is 0 Å². The maximum atomic E-state index is 11.0. The third kappa shape index (κ3) is 3.71. The van der Waals surface area contributed by atoms with E-state index >= 15 is 0 Å². The second kappa shape index (κ2) is 6.87. The van der Waals surface area contributed by atoms with Crippen LogP contribution in [0.3, 0.4) is 0 Å². The summed E-state index contributed by atoms with van der Waals surface area (Å²) in [7, 11) is 0. The van der Waals surface area contributed by atoms with E-state index in [4.69, 9.17) is 16.7 Å². The van der Waals surface area contributed by atoms with Gasteiger partial charge in [0.25, 0.3) is 0 Å². The Morgan fingerprint density at radius 3 is 2.86 bits per heavy atom. The van der Waals surface area contributed by atoms with Gasteiger partial charge in [-0.2, -0.15) is 0 Å². The number of rotatable bonds is 6. The fourth-order valence-corrected chi connectivity index (χ4v) is 2.55. The van der Waals surface area contributed by atoms with E-state index in [9.17, 15) is 4.79 Å². The number of hydrogen-bond acceptors (Lipinski definition) is 3. The van der Waals surface area contributed by atoms with Crippen LogP contribution in [-0.4, -0.2) is 34.0 Å². The number of fused-ring (bicyclic) bond motifs is 1. The first-order valence-electron chi connectivity index (χ1n) is 7.00. The molecule has 1 aromatic carbocycles. The second-order valence-corrected chi connectivity index (χ2v) is 5.58. The zero-order valence-corrected chi connectivity index (χ0v) is 13.0. The minimum Gasteiger partial charge on any atom is -0.481 e. The Morgan fingerprint density at radius 1 is 1.43 bits per heavy atom. The van der Waals surface area contributed by atoms with E-state index in [2.05, 4.69) is 9.88 Å². The molecule has 112 valence electrons. The predicted octanol–water partition coefficient (Wildman–Crippen LogP) is 3.43. The van der Waals surface area contributed by atoms with Crippen molar-refractivity contribution in [3.05, 3.63) is 41.0 Å². The Hall–Kier alpha value is -1.65. The van der Waals surface area contributed by atoms with Crippen LogP contribution in [0.2, 0.25) is 5.02 Å². The van der Waals surface area contributed by atoms with Crippen molar-refractivity contribution < 1.29 is 9.90 Å². The molecule has 0 aliphatic heterocycles. The van der Waals surface area contributed by atoms with Crippen molar-refractivity contribution in [2.24, 2.45) is 5.92 Å². The first kappa shape index (κ1) is 15.7. The van der Waals surface area contributed by atoms with Crippen molar-refractivity contribution in [3.63, 3.8) is 0 Å². The molecule has 0 aliphatic rings. The van der Waals surface area contributed by atoms with Gasteiger partial charge in [0.1, 0.15) is 0 Å². The van der Waals surface area contributed by atoms with Crippen molar-refractivity contribution in [1.29, 1.82) is 0 Å². The van der Waals surface area contributed by atoms with Crippen molar-refractivity contribution in [2.45, 2.75) is 20.4 Å². The molecule has 0 amide bonds. The van der Waals surface area contributed by atoms with Crippen LogP contribution in [0.25, 0.3) is 10.9 Å². The Kier molecular flexibility index (Phi) is 5.15. The van der Waals surface area contributed by atoms with Crippen LogP contribution in [0.15, 0.2) is 30.5 Å². The average molecular weight is 307 g/mol. The summed E-state index contributed by atoms with van der Waals surface area (Å²) < 4.78 is 0. The summed E-state index contributed by atoms with van der Waals surface area (Å²) >= 11 is 6.19. The highest BCUT2D eigenvalue weighted by Gasteiger charge is 2.16. The molecule has 2 rings (SSSR count). The number of aromatic nitrogens is 1. The van der Waals surface area contributed by atoms with Gasteiger partial charge < -0.3 is 5.11 Å². The molecule has 0 saturated carbocycles. The summed E-state index contributed by atoms with van der Waals surface area (Å²) in [6.45, 7) is 5.72. The number of carboxylic acids is 1. The molecule has 0 saturated heterocycles. The largest absolute Gasteiger partial charge is 0.481 e. The van der Waals surface area contributed by atoms with Crippen molar-refractivity contribution in [3.8, 4) is 0 Å². The zero-order valence-electron chi connectivity index (χ0n) is 12.2. The van der Waals surface area contributed by atoms with Gasteiger partial charge in [-0.25, -0.2) is 0 Å². The van der Waals surface area contributed by atoms with Crippen LogP contribution >= 0.6 is 11.6 Å². The first-order chi connectivity index (χ1) is 10.0. The van der Waals surface area contributed by atoms with Gasteiger partial charge in [0, 0.05) is 29.7 Å². The van der Waals surface area contributed by atoms with Crippen LogP contribution in [0.1, 0.15) is 19.4 Å². The second-order valence-electron chi connectivity index (χ2n) is 5.17. The van der Waals surface area contributed by atoms with Gasteiger partial charge in [-0.1, -0.05) is 31.5 Å². The van der Waals surface area contributed by atoms with Crippen LogP contribution in [0.4, 0.5) is 0 Å². The lowest BCUT2D eigenvalue weighted by molar-refractivity contribution is -0.141. The molecule has 5 heteroatoms. The summed E-state index contributed by atoms with van der Waals surface area (Å²) in [5.74, 6) is -1.16. The maximum absolute atomic E-state index is 11.0. The lowest BCUT2D eigenvalue weighted by Gasteiger charge is -2.23. The van der Waals surface area contributed by atoms with E-state index in [1.54, 1.807) is 13.1 Å². The normalized spacial score (nSPS) is 12.8. The van der Waals surface area contributed by atoms with E-state index in [0.29, 0.717) is 18.1 Å². The molecule has 21 heavy (non-hydrogen) atoms. The molecule has 1 atom stereocenters. The minimum absolute atomic E-state index is 0.392. The summed E-state index contributed by atoms with van der Waals surface area (Å²) in [6.07, 6.45) is 1.75. The highest BCUT2D eigenvalue weighted by atomic mass is 35.5. The van der Waals surface area contributed by atoms with Gasteiger partial charge >= 0.3 is 5.97 Å². The third-order valence-corrected chi connectivity index (χ3v) is 3.92. The summed E-state index contributed by atoms with van der Waals surface area (Å²) in [5.41, 5.74) is 1.95. The van der Waals surface area contributed by atoms with Gasteiger partial charge in [-0.15, -0.1) is 0 Å². The van der Waals surface area contributed by atoms with Gasteiger partial charge in [0.05, 0.1) is 11.4 Å². The Labute approximate surface area is 129 Å². The number of halogens is 1. The molecule has 0 spiro atoms. The number of nitrogens with zero attached hydrogens (tertiary/aromatic N) is 2. The van der Waals surface area contributed by atoms with Gasteiger partial charge in [-0.3, -0.25) is 14.7 Å². The lowest BCUT2D eigenvalue weighted by atomic mass is 10.1. The van der Waals surface area contributed by atoms with Gasteiger partial charge in [0.15, 0.2) is 0 Å². The van der Waals surface area contributed by atoms with Crippen molar-refractivity contribution >= 4 is 28.5 Å². The fourth-order valence-electron chi connectivity index (χ4n) is 2.34. The van der Waals surface area contributed by atoms with E-state index in [-0.39, 0.29) is 0 Å². The lowest BCUT2D eigenvalue weighted by Crippen LogP contribution is -2.31. The molecule has 0 fully saturated rings. The van der Waals surface area contributed by atoms with Gasteiger partial charge in [0.2, 0.25) is 0 Å². The maximum Gasteiger partial charge on any atom is 0.307 e. The number of carboxylic acid groups (broad SMARTS) is 1. The number of carbonyl (C=O) groups is 1. The smallest absolute Gasteiger partial charge is 0.307 e. The monoisotopic (exact) mass is 306 g/mol. The van der Waals surface area contributed by atoms with Crippen molar-refractivity contribution in [1.82, 2.24) is 9.88 Å². The summed E-state index contributed by atoms with van der Waals surface area (Å²) in [5, 5.41) is 10.7. The number of hydrogen-bond donors (Lipinski definition) is 1. The molecule has 1 aromatic heterocycles. The number of aliphatic carboxylic acids is 1. The van der Waals surface area contributed by atoms with Crippen LogP contribution in [0.5, 0.6) is 0 Å². The SMILES string of the molecule is CCN(Cc1ccc(Cl)c2cccnc12)CC(C)C(=O)O. The Morgan fingerprint density at radius 2 is 2.19 bits per heavy atom. The molecule has 2 aromatic rings. The molecular formula is C16H19ClN2O2. The molecule has 0 radical (unpaired) electrons. The third-order valence-electron chi connectivity index (χ3n) is 3.59. The predicted molar refractivity (Wildman–Crippen MR) is 84.5 cm³/mol. The fraction of sp³-hybridized carbons (Fsp3) is 0.375. The van der Waals surface area contributed by atoms with Crippen LogP contribution in [-0.2, 0) is 11.3 Å². The Bertz CT molecular complexity index is 645. The molecule has 1 unspecified atom stereocenters. The molecule has 4 nitrogen and oxygen atoms in total. The van der Waals surface area contributed by atoms with E-state index in [1.807, 2.05) is 31.2 Å². The van der Waals surface area contributed by atoms with Crippen molar-refractivity contribution in [2.75, 3.05) is 13.1 Å². The average Bonchev–Trinajstić information content (AvgIpc) is 2.49. The molecule has 0 bridgehead atoms. The van der Waals surface area contributed by atoms with Gasteiger partial charge in [-0.05, 0) is 30.3 Å². The summed E-state index contributed by atoms with van der Waals surface area (Å²) in [4.78, 5) is 17.5. The highest BCUT2D eigenvalue weighted by Crippen LogP contribution is 2.25. The summed E-state index contributed by atoms with van der Waals surface area (Å²) in [6, 6.07) is 7.65. The highest BCUT2D eigenvalue weighted by molar-refractivity contribution is 6.35. The first-order valence-corrected chi connectivity index (χ1v) is 7.38. The standard InChI is InChI=1S/C16H19ClN2O2/c1-3-19(9-11(2)16(20)21)10-12-6-7-14(17)13-5-4-8-18-15(12)13/h4-8,11H,3,9-10H2,1-2H3,(H,20,21). The Balaban J connectivity index is 2.26. The van der Waals surface area contributed by atoms with E-state index in [0.717, 1.165) is 23.0 Å². The van der Waals surface area contributed by atoms with Crippen LogP contribution < -0.4 is 0 Å². The minimum atomic E-state index is -0.771. The quantitative estimate of drug-likeness (QED) is 0.888. The molecule has 1 N–H and O–H groups in total. The van der Waals surface area contributed by atoms with E-state index < -0.39 is 11.9 Å².